The van der Waals surface area contributed by atoms with Crippen molar-refractivity contribution >= 4 is 23.5 Å². The molecule has 1 nitrogen and oxygen atoms in total. The summed E-state index contributed by atoms with van der Waals surface area (Å²) in [4.78, 5) is 0. The van der Waals surface area contributed by atoms with Crippen molar-refractivity contribution in [2.75, 3.05) is 5.75 Å². The molecule has 1 rings (SSSR count). The Balaban J connectivity index is 2.09. The van der Waals surface area contributed by atoms with E-state index < -0.39 is 0 Å². The van der Waals surface area contributed by atoms with Crippen LogP contribution in [0.4, 0.5) is 0 Å². The molecule has 9 heavy (non-hydrogen) atoms. The molecule has 0 aromatic carbocycles. The van der Waals surface area contributed by atoms with Crippen molar-refractivity contribution < 1.29 is 0 Å². The molecule has 0 fully saturated rings. The highest BCUT2D eigenvalue weighted by molar-refractivity contribution is 8.18. The third kappa shape index (κ3) is 2.25. The first kappa shape index (κ1) is 6.91. The van der Waals surface area contributed by atoms with Crippen molar-refractivity contribution in [1.82, 2.24) is 5.32 Å². The fourth-order valence-corrected chi connectivity index (χ4v) is 2.07. The predicted octanol–water partition coefficient (Wildman–Crippen LogP) is 1.44. The van der Waals surface area contributed by atoms with Crippen molar-refractivity contribution in [3.8, 4) is 12.3 Å². The minimum atomic E-state index is 0.445. The highest BCUT2D eigenvalue weighted by Gasteiger charge is 2.07. The molecule has 1 atom stereocenters. The van der Waals surface area contributed by atoms with Gasteiger partial charge in [-0.3, -0.25) is 0 Å². The molecule has 48 valence electrons. The van der Waals surface area contributed by atoms with Gasteiger partial charge in [-0.15, -0.1) is 18.2 Å². The molecule has 1 aliphatic rings. The Kier molecular flexibility index (Phi) is 2.88. The van der Waals surface area contributed by atoms with Gasteiger partial charge in [-0.05, 0) is 5.41 Å². The molecule has 0 aromatic heterocycles. The Bertz CT molecular complexity index is 140. The lowest BCUT2D eigenvalue weighted by molar-refractivity contribution is 1.03. The molecule has 1 N–H and O–H groups in total. The van der Waals surface area contributed by atoms with E-state index in [2.05, 4.69) is 11.2 Å². The molecule has 1 unspecified atom stereocenters. The molecule has 0 aromatic rings. The zero-order chi connectivity index (χ0) is 6.53. The van der Waals surface area contributed by atoms with Crippen molar-refractivity contribution in [2.45, 2.75) is 4.71 Å². The molecule has 0 radical (unpaired) electrons. The molecule has 0 aliphatic carbocycles. The van der Waals surface area contributed by atoms with E-state index in [9.17, 15) is 0 Å². The molecule has 0 amide bonds. The van der Waals surface area contributed by atoms with Gasteiger partial charge in [0.1, 0.15) is 4.71 Å². The number of hydrogen-bond acceptors (Lipinski definition) is 3. The van der Waals surface area contributed by atoms with E-state index in [1.165, 1.54) is 0 Å². The number of hydrogen-bond donors (Lipinski definition) is 1. The summed E-state index contributed by atoms with van der Waals surface area (Å²) in [6.07, 6.45) is 7.02. The van der Waals surface area contributed by atoms with Crippen LogP contribution in [-0.2, 0) is 0 Å². The minimum Gasteiger partial charge on any atom is -0.370 e. The second-order valence-electron chi connectivity index (χ2n) is 1.45. The zero-order valence-corrected chi connectivity index (χ0v) is 6.47. The van der Waals surface area contributed by atoms with Gasteiger partial charge in [-0.25, -0.2) is 0 Å². The highest BCUT2D eigenvalue weighted by atomic mass is 32.2. The molecular weight excluding hydrogens is 150 g/mol. The molecule has 3 heteroatoms. The van der Waals surface area contributed by atoms with Crippen molar-refractivity contribution in [3.63, 3.8) is 0 Å². The van der Waals surface area contributed by atoms with E-state index in [0.717, 1.165) is 5.75 Å². The lowest BCUT2D eigenvalue weighted by atomic mass is 10.8. The Morgan fingerprint density at radius 2 is 2.78 bits per heavy atom. The quantitative estimate of drug-likeness (QED) is 0.609. The fraction of sp³-hybridized carbons (Fsp3) is 0.333. The van der Waals surface area contributed by atoms with E-state index in [4.69, 9.17) is 6.42 Å². The van der Waals surface area contributed by atoms with E-state index in [0.29, 0.717) is 4.71 Å². The summed E-state index contributed by atoms with van der Waals surface area (Å²) in [7, 11) is 0. The maximum atomic E-state index is 5.08. The van der Waals surface area contributed by atoms with Crippen LogP contribution in [0.3, 0.4) is 0 Å². The average Bonchev–Trinajstić information content (AvgIpc) is 2.34. The molecule has 1 heterocycles. The zero-order valence-electron chi connectivity index (χ0n) is 4.83. The van der Waals surface area contributed by atoms with Gasteiger partial charge < -0.3 is 5.32 Å². The van der Waals surface area contributed by atoms with Crippen molar-refractivity contribution in [2.24, 2.45) is 0 Å². The molecule has 0 saturated heterocycles. The second-order valence-corrected chi connectivity index (χ2v) is 3.86. The summed E-state index contributed by atoms with van der Waals surface area (Å²) in [5.74, 6) is 3.36. The Morgan fingerprint density at radius 3 is 3.33 bits per heavy atom. The third-order valence-electron chi connectivity index (χ3n) is 0.821. The second kappa shape index (κ2) is 3.76. The van der Waals surface area contributed by atoms with Gasteiger partial charge in [0.05, 0.1) is 5.75 Å². The standard InChI is InChI=1S/C6H7NS2/c1-2-4-8-6-7-3-5-9-6/h1,3,5-7H,4H2. The van der Waals surface area contributed by atoms with Crippen LogP contribution in [-0.4, -0.2) is 10.5 Å². The summed E-state index contributed by atoms with van der Waals surface area (Å²) in [6.45, 7) is 0. The van der Waals surface area contributed by atoms with Crippen LogP contribution in [0.25, 0.3) is 0 Å². The smallest absolute Gasteiger partial charge is 0.124 e. The van der Waals surface area contributed by atoms with Gasteiger partial charge >= 0.3 is 0 Å². The fourth-order valence-electron chi connectivity index (χ4n) is 0.479. The largest absolute Gasteiger partial charge is 0.370 e. The molecule has 0 spiro atoms. The van der Waals surface area contributed by atoms with Gasteiger partial charge in [-0.2, -0.15) is 0 Å². The maximum absolute atomic E-state index is 5.08. The molecule has 0 bridgehead atoms. The van der Waals surface area contributed by atoms with Gasteiger partial charge in [0.25, 0.3) is 0 Å². The van der Waals surface area contributed by atoms with Gasteiger partial charge in [0.15, 0.2) is 0 Å². The molecular formula is C6H7NS2. The van der Waals surface area contributed by atoms with Crippen LogP contribution in [0.5, 0.6) is 0 Å². The molecule has 0 saturated carbocycles. The van der Waals surface area contributed by atoms with Crippen LogP contribution >= 0.6 is 23.5 Å². The van der Waals surface area contributed by atoms with E-state index >= 15 is 0 Å². The van der Waals surface area contributed by atoms with Crippen LogP contribution in [0.15, 0.2) is 11.6 Å². The van der Waals surface area contributed by atoms with Crippen molar-refractivity contribution in [3.05, 3.63) is 11.6 Å². The first-order valence-corrected chi connectivity index (χ1v) is 4.54. The monoisotopic (exact) mass is 157 g/mol. The van der Waals surface area contributed by atoms with Crippen LogP contribution < -0.4 is 5.32 Å². The normalized spacial score (nSPS) is 23.2. The number of thioether (sulfide) groups is 2. The summed E-state index contributed by atoms with van der Waals surface area (Å²) < 4.78 is 0.445. The minimum absolute atomic E-state index is 0.445. The summed E-state index contributed by atoms with van der Waals surface area (Å²) in [6, 6.07) is 0. The topological polar surface area (TPSA) is 12.0 Å². The predicted molar refractivity (Wildman–Crippen MR) is 44.9 cm³/mol. The molecule has 1 aliphatic heterocycles. The van der Waals surface area contributed by atoms with Crippen LogP contribution in [0.1, 0.15) is 0 Å². The van der Waals surface area contributed by atoms with E-state index in [1.807, 2.05) is 11.6 Å². The first-order chi connectivity index (χ1) is 4.43. The van der Waals surface area contributed by atoms with E-state index in [-0.39, 0.29) is 0 Å². The first-order valence-electron chi connectivity index (χ1n) is 2.55. The van der Waals surface area contributed by atoms with Gasteiger partial charge in [-0.1, -0.05) is 17.7 Å². The Morgan fingerprint density at radius 1 is 1.89 bits per heavy atom. The Labute approximate surface area is 63.7 Å². The number of nitrogens with one attached hydrogen (secondary N) is 1. The third-order valence-corrected chi connectivity index (χ3v) is 3.01. The van der Waals surface area contributed by atoms with Gasteiger partial charge in [0, 0.05) is 6.20 Å². The lowest BCUT2D eigenvalue weighted by Crippen LogP contribution is -2.11. The lowest BCUT2D eigenvalue weighted by Gasteiger charge is -2.05. The summed E-state index contributed by atoms with van der Waals surface area (Å²) >= 11 is 3.50. The van der Waals surface area contributed by atoms with Gasteiger partial charge in [0.2, 0.25) is 0 Å². The highest BCUT2D eigenvalue weighted by Crippen LogP contribution is 2.25. The number of terminal acetylenes is 1. The summed E-state index contributed by atoms with van der Waals surface area (Å²) in [5, 5.41) is 5.18. The Hall–Kier alpha value is -0.200. The number of rotatable bonds is 2. The maximum Gasteiger partial charge on any atom is 0.124 e. The average molecular weight is 157 g/mol. The van der Waals surface area contributed by atoms with Crippen LogP contribution in [0.2, 0.25) is 0 Å². The van der Waals surface area contributed by atoms with E-state index in [1.54, 1.807) is 23.5 Å². The summed E-state index contributed by atoms with van der Waals surface area (Å²) in [5.41, 5.74) is 0. The van der Waals surface area contributed by atoms with Crippen molar-refractivity contribution in [1.29, 1.82) is 0 Å². The SMILES string of the molecule is C#CCSC1NC=CS1. The van der Waals surface area contributed by atoms with Crippen LogP contribution in [0, 0.1) is 12.3 Å².